The Morgan fingerprint density at radius 3 is 3.07 bits per heavy atom. The second-order valence-corrected chi connectivity index (χ2v) is 3.66. The number of nitrogens with two attached hydrogens (primary N) is 1. The van der Waals surface area contributed by atoms with E-state index in [2.05, 4.69) is 15.3 Å². The van der Waals surface area contributed by atoms with Crippen LogP contribution >= 0.6 is 0 Å². The monoisotopic (exact) mass is 196 g/mol. The SMILES string of the molecule is CC(N)CCNCCCc1ncc[nH]1. The molecule has 1 aromatic heterocycles. The number of aromatic nitrogens is 2. The van der Waals surface area contributed by atoms with E-state index in [4.69, 9.17) is 5.73 Å². The van der Waals surface area contributed by atoms with Crippen molar-refractivity contribution in [3.8, 4) is 0 Å². The van der Waals surface area contributed by atoms with E-state index in [1.807, 2.05) is 13.1 Å². The van der Waals surface area contributed by atoms with Gasteiger partial charge in [0.2, 0.25) is 0 Å². The first kappa shape index (κ1) is 11.2. The van der Waals surface area contributed by atoms with Crippen molar-refractivity contribution in [1.29, 1.82) is 0 Å². The quantitative estimate of drug-likeness (QED) is 0.561. The molecule has 0 fully saturated rings. The van der Waals surface area contributed by atoms with E-state index in [-0.39, 0.29) is 0 Å². The molecule has 0 aliphatic carbocycles. The third kappa shape index (κ3) is 4.99. The largest absolute Gasteiger partial charge is 0.349 e. The molecule has 4 heteroatoms. The van der Waals surface area contributed by atoms with Gasteiger partial charge in [-0.05, 0) is 32.9 Å². The summed E-state index contributed by atoms with van der Waals surface area (Å²) < 4.78 is 0. The van der Waals surface area contributed by atoms with Gasteiger partial charge in [0.05, 0.1) is 0 Å². The van der Waals surface area contributed by atoms with E-state index in [1.54, 1.807) is 6.20 Å². The predicted octanol–water partition coefficient (Wildman–Crippen LogP) is 0.669. The molecule has 0 aliphatic rings. The second kappa shape index (κ2) is 6.56. The van der Waals surface area contributed by atoms with E-state index in [0.717, 1.165) is 38.2 Å². The maximum absolute atomic E-state index is 5.63. The summed E-state index contributed by atoms with van der Waals surface area (Å²) in [6.07, 6.45) is 6.82. The highest BCUT2D eigenvalue weighted by Gasteiger charge is 1.95. The Morgan fingerprint density at radius 1 is 1.57 bits per heavy atom. The van der Waals surface area contributed by atoms with Gasteiger partial charge in [0.1, 0.15) is 5.82 Å². The van der Waals surface area contributed by atoms with Gasteiger partial charge in [-0.1, -0.05) is 0 Å². The van der Waals surface area contributed by atoms with E-state index in [9.17, 15) is 0 Å². The molecule has 0 amide bonds. The molecule has 0 aliphatic heterocycles. The minimum atomic E-state index is 0.299. The fourth-order valence-electron chi connectivity index (χ4n) is 1.27. The van der Waals surface area contributed by atoms with Crippen LogP contribution in [0.1, 0.15) is 25.6 Å². The van der Waals surface area contributed by atoms with E-state index in [0.29, 0.717) is 6.04 Å². The van der Waals surface area contributed by atoms with Crippen LogP contribution in [-0.4, -0.2) is 29.1 Å². The number of aryl methyl sites for hydroxylation is 1. The topological polar surface area (TPSA) is 66.7 Å². The summed E-state index contributed by atoms with van der Waals surface area (Å²) in [4.78, 5) is 7.25. The number of imidazole rings is 1. The van der Waals surface area contributed by atoms with Crippen LogP contribution in [0.2, 0.25) is 0 Å². The molecule has 14 heavy (non-hydrogen) atoms. The van der Waals surface area contributed by atoms with Crippen molar-refractivity contribution in [2.24, 2.45) is 5.73 Å². The Morgan fingerprint density at radius 2 is 2.43 bits per heavy atom. The zero-order valence-corrected chi connectivity index (χ0v) is 8.79. The normalized spacial score (nSPS) is 13.0. The van der Waals surface area contributed by atoms with Crippen LogP contribution in [0.25, 0.3) is 0 Å². The third-order valence-corrected chi connectivity index (χ3v) is 2.10. The number of hydrogen-bond acceptors (Lipinski definition) is 3. The molecule has 0 radical (unpaired) electrons. The molecule has 0 saturated carbocycles. The molecule has 0 saturated heterocycles. The van der Waals surface area contributed by atoms with Crippen molar-refractivity contribution in [3.63, 3.8) is 0 Å². The lowest BCUT2D eigenvalue weighted by molar-refractivity contribution is 0.574. The molecule has 1 rings (SSSR count). The molecular weight excluding hydrogens is 176 g/mol. The lowest BCUT2D eigenvalue weighted by Crippen LogP contribution is -2.24. The molecule has 0 aromatic carbocycles. The maximum Gasteiger partial charge on any atom is 0.106 e. The Kier molecular flexibility index (Phi) is 5.25. The lowest BCUT2D eigenvalue weighted by atomic mass is 10.2. The van der Waals surface area contributed by atoms with Crippen LogP contribution in [0.5, 0.6) is 0 Å². The highest BCUT2D eigenvalue weighted by molar-refractivity contribution is 4.86. The number of nitrogens with zero attached hydrogens (tertiary/aromatic N) is 1. The fraction of sp³-hybridized carbons (Fsp3) is 0.700. The molecule has 80 valence electrons. The Hall–Kier alpha value is -0.870. The van der Waals surface area contributed by atoms with Gasteiger partial charge < -0.3 is 16.0 Å². The average Bonchev–Trinajstić information content (AvgIpc) is 2.63. The molecular formula is C10H20N4. The zero-order valence-electron chi connectivity index (χ0n) is 8.79. The first-order valence-corrected chi connectivity index (χ1v) is 5.23. The zero-order chi connectivity index (χ0) is 10.2. The summed E-state index contributed by atoms with van der Waals surface area (Å²) in [5.41, 5.74) is 5.63. The van der Waals surface area contributed by atoms with Crippen molar-refractivity contribution in [3.05, 3.63) is 18.2 Å². The number of hydrogen-bond donors (Lipinski definition) is 3. The highest BCUT2D eigenvalue weighted by atomic mass is 14.9. The van der Waals surface area contributed by atoms with Crippen molar-refractivity contribution in [2.75, 3.05) is 13.1 Å². The standard InChI is InChI=1S/C10H20N4/c1-9(11)4-6-12-5-2-3-10-13-7-8-14-10/h7-9,12H,2-6,11H2,1H3,(H,13,14). The van der Waals surface area contributed by atoms with Gasteiger partial charge in [0.15, 0.2) is 0 Å². The summed E-state index contributed by atoms with van der Waals surface area (Å²) >= 11 is 0. The van der Waals surface area contributed by atoms with Gasteiger partial charge in [-0.2, -0.15) is 0 Å². The van der Waals surface area contributed by atoms with Crippen molar-refractivity contribution < 1.29 is 0 Å². The number of nitrogens with one attached hydrogen (secondary N) is 2. The van der Waals surface area contributed by atoms with Crippen LogP contribution < -0.4 is 11.1 Å². The fourth-order valence-corrected chi connectivity index (χ4v) is 1.27. The third-order valence-electron chi connectivity index (χ3n) is 2.10. The Bertz CT molecular complexity index is 218. The van der Waals surface area contributed by atoms with Crippen LogP contribution in [0.15, 0.2) is 12.4 Å². The van der Waals surface area contributed by atoms with Gasteiger partial charge in [-0.25, -0.2) is 4.98 Å². The lowest BCUT2D eigenvalue weighted by Gasteiger charge is -2.06. The summed E-state index contributed by atoms with van der Waals surface area (Å²) in [6.45, 7) is 4.08. The van der Waals surface area contributed by atoms with Crippen LogP contribution in [0, 0.1) is 0 Å². The van der Waals surface area contributed by atoms with E-state index in [1.165, 1.54) is 0 Å². The van der Waals surface area contributed by atoms with Gasteiger partial charge in [0.25, 0.3) is 0 Å². The molecule has 1 aromatic rings. The number of aromatic amines is 1. The molecule has 4 N–H and O–H groups in total. The molecule has 1 heterocycles. The minimum absolute atomic E-state index is 0.299. The summed E-state index contributed by atoms with van der Waals surface area (Å²) in [5.74, 6) is 1.07. The number of H-pyrrole nitrogens is 1. The van der Waals surface area contributed by atoms with Crippen molar-refractivity contribution in [2.45, 2.75) is 32.2 Å². The molecule has 4 nitrogen and oxygen atoms in total. The Labute approximate surface area is 85.3 Å². The number of rotatable bonds is 7. The van der Waals surface area contributed by atoms with Gasteiger partial charge >= 0.3 is 0 Å². The van der Waals surface area contributed by atoms with Crippen molar-refractivity contribution >= 4 is 0 Å². The van der Waals surface area contributed by atoms with Crippen LogP contribution in [0.3, 0.4) is 0 Å². The Balaban J connectivity index is 1.90. The van der Waals surface area contributed by atoms with Gasteiger partial charge in [-0.3, -0.25) is 0 Å². The average molecular weight is 196 g/mol. The van der Waals surface area contributed by atoms with Gasteiger partial charge in [-0.15, -0.1) is 0 Å². The summed E-state index contributed by atoms with van der Waals surface area (Å²) in [5, 5.41) is 3.36. The second-order valence-electron chi connectivity index (χ2n) is 3.66. The highest BCUT2D eigenvalue weighted by Crippen LogP contribution is 1.93. The summed E-state index contributed by atoms with van der Waals surface area (Å²) in [6, 6.07) is 0.299. The molecule has 1 atom stereocenters. The van der Waals surface area contributed by atoms with Crippen molar-refractivity contribution in [1.82, 2.24) is 15.3 Å². The first-order valence-electron chi connectivity index (χ1n) is 5.23. The van der Waals surface area contributed by atoms with Crippen LogP contribution in [0.4, 0.5) is 0 Å². The van der Waals surface area contributed by atoms with E-state index < -0.39 is 0 Å². The maximum atomic E-state index is 5.63. The summed E-state index contributed by atoms with van der Waals surface area (Å²) in [7, 11) is 0. The van der Waals surface area contributed by atoms with Crippen LogP contribution in [-0.2, 0) is 6.42 Å². The predicted molar refractivity (Wildman–Crippen MR) is 58.0 cm³/mol. The minimum Gasteiger partial charge on any atom is -0.349 e. The molecule has 1 unspecified atom stereocenters. The van der Waals surface area contributed by atoms with E-state index >= 15 is 0 Å². The molecule has 0 spiro atoms. The molecule has 0 bridgehead atoms. The van der Waals surface area contributed by atoms with Gasteiger partial charge in [0, 0.05) is 24.9 Å². The smallest absolute Gasteiger partial charge is 0.106 e. The first-order chi connectivity index (χ1) is 6.79.